The number of hydrogen-bond donors (Lipinski definition) is 2. The number of hydrogen-bond acceptors (Lipinski definition) is 4. The maximum atomic E-state index is 5.69. The van der Waals surface area contributed by atoms with Gasteiger partial charge in [-0.15, -0.1) is 0 Å². The van der Waals surface area contributed by atoms with Crippen molar-refractivity contribution < 1.29 is 4.74 Å². The third kappa shape index (κ3) is 3.29. The molecule has 0 aliphatic rings. The molecule has 0 bridgehead atoms. The Morgan fingerprint density at radius 2 is 2.16 bits per heavy atom. The van der Waals surface area contributed by atoms with Gasteiger partial charge in [0.25, 0.3) is 0 Å². The van der Waals surface area contributed by atoms with Crippen LogP contribution in [0, 0.1) is 0 Å². The minimum atomic E-state index is -0.221. The van der Waals surface area contributed by atoms with E-state index in [2.05, 4.69) is 42.5 Å². The minimum Gasteiger partial charge on any atom is -0.379 e. The Balaban J connectivity index is 2.30. The van der Waals surface area contributed by atoms with E-state index in [1.165, 1.54) is 0 Å². The molecule has 0 aliphatic heterocycles. The minimum absolute atomic E-state index is 0.0551. The van der Waals surface area contributed by atoms with Crippen molar-refractivity contribution >= 4 is 10.9 Å². The van der Waals surface area contributed by atoms with Gasteiger partial charge in [-0.1, -0.05) is 12.1 Å². The molecule has 0 aliphatic carbocycles. The lowest BCUT2D eigenvalue weighted by atomic mass is 9.93. The molecule has 4 nitrogen and oxygen atoms in total. The zero-order valence-corrected chi connectivity index (χ0v) is 11.7. The fraction of sp³-hybridized carbons (Fsp3) is 0.400. The Morgan fingerprint density at radius 1 is 1.37 bits per heavy atom. The van der Waals surface area contributed by atoms with Crippen molar-refractivity contribution in [3.8, 4) is 0 Å². The molecule has 0 fully saturated rings. The van der Waals surface area contributed by atoms with E-state index in [1.54, 1.807) is 13.3 Å². The summed E-state index contributed by atoms with van der Waals surface area (Å²) in [5.74, 6) is 5.69. The molecule has 0 radical (unpaired) electrons. The highest BCUT2D eigenvalue weighted by atomic mass is 16.5. The third-order valence-electron chi connectivity index (χ3n) is 3.48. The summed E-state index contributed by atoms with van der Waals surface area (Å²) >= 11 is 0. The molecule has 1 unspecified atom stereocenters. The first-order chi connectivity index (χ1) is 9.05. The monoisotopic (exact) mass is 259 g/mol. The Labute approximate surface area is 113 Å². The van der Waals surface area contributed by atoms with Crippen molar-refractivity contribution in [1.29, 1.82) is 0 Å². The molecular formula is C15H21N3O. The van der Waals surface area contributed by atoms with Gasteiger partial charge >= 0.3 is 0 Å². The SMILES string of the molecule is COC(C)(C)CC(NN)c1ccc2ncccc2c1. The third-order valence-corrected chi connectivity index (χ3v) is 3.48. The Bertz CT molecular complexity index is 554. The van der Waals surface area contributed by atoms with Crippen molar-refractivity contribution in [2.75, 3.05) is 7.11 Å². The first-order valence-corrected chi connectivity index (χ1v) is 6.42. The van der Waals surface area contributed by atoms with Crippen LogP contribution in [0.25, 0.3) is 10.9 Å². The number of fused-ring (bicyclic) bond motifs is 1. The molecular weight excluding hydrogens is 238 g/mol. The summed E-state index contributed by atoms with van der Waals surface area (Å²) in [6.07, 6.45) is 2.60. The summed E-state index contributed by atoms with van der Waals surface area (Å²) in [6.45, 7) is 4.11. The average Bonchev–Trinajstić information content (AvgIpc) is 2.44. The van der Waals surface area contributed by atoms with Crippen molar-refractivity contribution in [2.24, 2.45) is 5.84 Å². The van der Waals surface area contributed by atoms with Gasteiger partial charge in [-0.05, 0) is 44.0 Å². The summed E-state index contributed by atoms with van der Waals surface area (Å²) in [4.78, 5) is 4.32. The van der Waals surface area contributed by atoms with Gasteiger partial charge in [0.2, 0.25) is 0 Å². The van der Waals surface area contributed by atoms with Crippen LogP contribution in [0.15, 0.2) is 36.5 Å². The van der Waals surface area contributed by atoms with Gasteiger partial charge in [-0.3, -0.25) is 16.3 Å². The molecule has 0 saturated carbocycles. The van der Waals surface area contributed by atoms with Crippen LogP contribution < -0.4 is 11.3 Å². The Hall–Kier alpha value is -1.49. The number of ether oxygens (including phenoxy) is 1. The van der Waals surface area contributed by atoms with E-state index in [1.807, 2.05) is 12.1 Å². The second-order valence-electron chi connectivity index (χ2n) is 5.34. The van der Waals surface area contributed by atoms with Crippen LogP contribution >= 0.6 is 0 Å². The van der Waals surface area contributed by atoms with E-state index in [4.69, 9.17) is 10.6 Å². The van der Waals surface area contributed by atoms with E-state index >= 15 is 0 Å². The zero-order chi connectivity index (χ0) is 13.9. The molecule has 0 spiro atoms. The lowest BCUT2D eigenvalue weighted by Crippen LogP contribution is -2.35. The standard InChI is InChI=1S/C15H21N3O/c1-15(2,19-3)10-14(18-16)12-6-7-13-11(9-12)5-4-8-17-13/h4-9,14,18H,10,16H2,1-3H3. The van der Waals surface area contributed by atoms with E-state index in [9.17, 15) is 0 Å². The number of nitrogens with two attached hydrogens (primary N) is 1. The number of hydrazine groups is 1. The Kier molecular flexibility index (Phi) is 4.14. The maximum absolute atomic E-state index is 5.69. The molecule has 4 heteroatoms. The normalized spacial score (nSPS) is 13.7. The number of methoxy groups -OCH3 is 1. The van der Waals surface area contributed by atoms with Gasteiger partial charge < -0.3 is 4.74 Å². The summed E-state index contributed by atoms with van der Waals surface area (Å²) in [7, 11) is 1.72. The summed E-state index contributed by atoms with van der Waals surface area (Å²) in [5, 5.41) is 1.12. The molecule has 19 heavy (non-hydrogen) atoms. The molecule has 2 rings (SSSR count). The van der Waals surface area contributed by atoms with E-state index < -0.39 is 0 Å². The van der Waals surface area contributed by atoms with Crippen LogP contribution in [0.5, 0.6) is 0 Å². The van der Waals surface area contributed by atoms with Gasteiger partial charge in [-0.2, -0.15) is 0 Å². The fourth-order valence-electron chi connectivity index (χ4n) is 2.16. The second kappa shape index (κ2) is 5.65. The van der Waals surface area contributed by atoms with Crippen LogP contribution in [0.3, 0.4) is 0 Å². The number of benzene rings is 1. The summed E-state index contributed by atoms with van der Waals surface area (Å²) in [5.41, 5.74) is 4.79. The molecule has 1 atom stereocenters. The van der Waals surface area contributed by atoms with Crippen LogP contribution in [0.4, 0.5) is 0 Å². The van der Waals surface area contributed by atoms with Crippen LogP contribution in [0.1, 0.15) is 31.9 Å². The predicted octanol–water partition coefficient (Wildman–Crippen LogP) is 2.55. The second-order valence-corrected chi connectivity index (χ2v) is 5.34. The molecule has 2 aromatic rings. The smallest absolute Gasteiger partial charge is 0.0702 e. The van der Waals surface area contributed by atoms with Crippen molar-refractivity contribution in [3.05, 3.63) is 42.1 Å². The first kappa shape index (κ1) is 13.9. The van der Waals surface area contributed by atoms with Crippen molar-refractivity contribution in [3.63, 3.8) is 0 Å². The summed E-state index contributed by atoms with van der Waals surface area (Å²) in [6, 6.07) is 10.3. The molecule has 3 N–H and O–H groups in total. The molecule has 0 amide bonds. The highest BCUT2D eigenvalue weighted by Crippen LogP contribution is 2.27. The lowest BCUT2D eigenvalue weighted by Gasteiger charge is -2.28. The largest absolute Gasteiger partial charge is 0.379 e. The fourth-order valence-corrected chi connectivity index (χ4v) is 2.16. The number of rotatable bonds is 5. The molecule has 102 valence electrons. The summed E-state index contributed by atoms with van der Waals surface area (Å²) < 4.78 is 5.47. The number of aromatic nitrogens is 1. The van der Waals surface area contributed by atoms with Crippen LogP contribution in [-0.4, -0.2) is 17.7 Å². The molecule has 1 aromatic carbocycles. The number of nitrogens with zero attached hydrogens (tertiary/aromatic N) is 1. The molecule has 1 aromatic heterocycles. The van der Waals surface area contributed by atoms with Crippen molar-refractivity contribution in [1.82, 2.24) is 10.4 Å². The van der Waals surface area contributed by atoms with Crippen molar-refractivity contribution in [2.45, 2.75) is 31.9 Å². The predicted molar refractivity (Wildman–Crippen MR) is 77.5 cm³/mol. The van der Waals surface area contributed by atoms with Gasteiger partial charge in [0.05, 0.1) is 11.1 Å². The number of nitrogens with one attached hydrogen (secondary N) is 1. The number of pyridine rings is 1. The lowest BCUT2D eigenvalue weighted by molar-refractivity contribution is 0.00682. The van der Waals surface area contributed by atoms with Gasteiger partial charge in [0.15, 0.2) is 0 Å². The highest BCUT2D eigenvalue weighted by molar-refractivity contribution is 5.79. The van der Waals surface area contributed by atoms with E-state index in [-0.39, 0.29) is 11.6 Å². The first-order valence-electron chi connectivity index (χ1n) is 6.42. The van der Waals surface area contributed by atoms with Crippen LogP contribution in [-0.2, 0) is 4.74 Å². The maximum Gasteiger partial charge on any atom is 0.0702 e. The van der Waals surface area contributed by atoms with Crippen LogP contribution in [0.2, 0.25) is 0 Å². The zero-order valence-electron chi connectivity index (χ0n) is 11.7. The Morgan fingerprint density at radius 3 is 2.84 bits per heavy atom. The van der Waals surface area contributed by atoms with Gasteiger partial charge in [0, 0.05) is 24.7 Å². The topological polar surface area (TPSA) is 60.2 Å². The van der Waals surface area contributed by atoms with E-state index in [0.29, 0.717) is 0 Å². The average molecular weight is 259 g/mol. The quantitative estimate of drug-likeness (QED) is 0.640. The van der Waals surface area contributed by atoms with Gasteiger partial charge in [-0.25, -0.2) is 0 Å². The van der Waals surface area contributed by atoms with Gasteiger partial charge in [0.1, 0.15) is 0 Å². The highest BCUT2D eigenvalue weighted by Gasteiger charge is 2.23. The van der Waals surface area contributed by atoms with E-state index in [0.717, 1.165) is 22.9 Å². The molecule has 1 heterocycles. The molecule has 0 saturated heterocycles.